The Bertz CT molecular complexity index is 490. The van der Waals surface area contributed by atoms with Gasteiger partial charge >= 0.3 is 17.9 Å². The highest BCUT2D eigenvalue weighted by Gasteiger charge is 2.67. The summed E-state index contributed by atoms with van der Waals surface area (Å²) in [7, 11) is 0. The Hall–Kier alpha value is -1.85. The van der Waals surface area contributed by atoms with Crippen LogP contribution in [0.4, 0.5) is 0 Å². The van der Waals surface area contributed by atoms with Gasteiger partial charge in [-0.1, -0.05) is 6.58 Å². The molecular formula is C15H20O6. The number of fused-ring (bicyclic) bond motifs is 1. The minimum atomic E-state index is -1.42. The molecule has 2 atom stereocenters. The lowest BCUT2D eigenvalue weighted by atomic mass is 9.84. The molecule has 1 heterocycles. The van der Waals surface area contributed by atoms with Gasteiger partial charge in [-0.3, -0.25) is 9.59 Å². The predicted octanol–water partition coefficient (Wildman–Crippen LogP) is 1.38. The van der Waals surface area contributed by atoms with Crippen LogP contribution in [0.25, 0.3) is 0 Å². The lowest BCUT2D eigenvalue weighted by molar-refractivity contribution is -0.174. The van der Waals surface area contributed by atoms with Gasteiger partial charge in [-0.05, 0) is 27.2 Å². The normalized spacial score (nSPS) is 29.8. The zero-order valence-electron chi connectivity index (χ0n) is 12.6. The van der Waals surface area contributed by atoms with Crippen molar-refractivity contribution < 1.29 is 28.6 Å². The molecule has 0 amide bonds. The lowest BCUT2D eigenvalue weighted by Crippen LogP contribution is -2.42. The Kier molecular flexibility index (Phi) is 3.82. The van der Waals surface area contributed by atoms with Crippen molar-refractivity contribution in [2.24, 2.45) is 11.3 Å². The van der Waals surface area contributed by atoms with Gasteiger partial charge < -0.3 is 14.2 Å². The number of hydrogen-bond acceptors (Lipinski definition) is 6. The van der Waals surface area contributed by atoms with Crippen LogP contribution in [0.5, 0.6) is 0 Å². The van der Waals surface area contributed by atoms with Gasteiger partial charge in [0.1, 0.15) is 5.60 Å². The highest BCUT2D eigenvalue weighted by atomic mass is 16.6. The maximum Gasteiger partial charge on any atom is 0.334 e. The minimum Gasteiger partial charge on any atom is -0.465 e. The zero-order valence-corrected chi connectivity index (χ0v) is 12.6. The van der Waals surface area contributed by atoms with Crippen molar-refractivity contribution in [1.82, 2.24) is 0 Å². The van der Waals surface area contributed by atoms with Gasteiger partial charge in [0.05, 0.1) is 13.2 Å². The van der Waals surface area contributed by atoms with E-state index >= 15 is 0 Å². The summed E-state index contributed by atoms with van der Waals surface area (Å²) in [4.78, 5) is 36.3. The van der Waals surface area contributed by atoms with Gasteiger partial charge in [0.25, 0.3) is 0 Å². The van der Waals surface area contributed by atoms with E-state index in [0.717, 1.165) is 0 Å². The summed E-state index contributed by atoms with van der Waals surface area (Å²) in [6.07, 6.45) is 0.193. The molecule has 21 heavy (non-hydrogen) atoms. The van der Waals surface area contributed by atoms with E-state index in [2.05, 4.69) is 6.58 Å². The van der Waals surface area contributed by atoms with Crippen LogP contribution in [0.1, 0.15) is 33.6 Å². The molecule has 6 heteroatoms. The quantitative estimate of drug-likeness (QED) is 0.337. The summed E-state index contributed by atoms with van der Waals surface area (Å²) in [5.41, 5.74) is -2.03. The molecule has 2 rings (SSSR count). The first kappa shape index (κ1) is 15.5. The molecule has 1 aliphatic heterocycles. The average molecular weight is 296 g/mol. The maximum absolute atomic E-state index is 12.4. The zero-order chi connectivity index (χ0) is 15.8. The first-order chi connectivity index (χ1) is 9.80. The number of hydrogen-bond donors (Lipinski definition) is 0. The second kappa shape index (κ2) is 5.16. The Labute approximate surface area is 123 Å². The maximum atomic E-state index is 12.4. The molecule has 1 saturated heterocycles. The molecule has 0 N–H and O–H groups in total. The summed E-state index contributed by atoms with van der Waals surface area (Å²) in [6, 6.07) is 0. The standard InChI is InChI=1S/C15H20O6/c1-5-19-12(17)15(13(18)20-6-2)7-10-9(3)11(16)21-14(10,4)8-15/h10H,3,5-8H2,1-2,4H3/t10-,14-/m1/s1. The van der Waals surface area contributed by atoms with E-state index in [-0.39, 0.29) is 32.0 Å². The van der Waals surface area contributed by atoms with Crippen LogP contribution in [0.15, 0.2) is 12.2 Å². The topological polar surface area (TPSA) is 78.9 Å². The van der Waals surface area contributed by atoms with Crippen LogP contribution in [0.2, 0.25) is 0 Å². The van der Waals surface area contributed by atoms with Crippen molar-refractivity contribution in [3.8, 4) is 0 Å². The fourth-order valence-electron chi connectivity index (χ4n) is 3.31. The molecule has 0 aromatic carbocycles. The summed E-state index contributed by atoms with van der Waals surface area (Å²) in [6.45, 7) is 9.12. The number of rotatable bonds is 4. The van der Waals surface area contributed by atoms with E-state index in [1.807, 2.05) is 0 Å². The largest absolute Gasteiger partial charge is 0.465 e. The van der Waals surface area contributed by atoms with Crippen LogP contribution >= 0.6 is 0 Å². The molecule has 0 bridgehead atoms. The van der Waals surface area contributed by atoms with Crippen molar-refractivity contribution in [3.05, 3.63) is 12.2 Å². The highest BCUT2D eigenvalue weighted by molar-refractivity contribution is 6.02. The number of carbonyl (C=O) groups excluding carboxylic acids is 3. The van der Waals surface area contributed by atoms with Crippen LogP contribution in [0.3, 0.4) is 0 Å². The first-order valence-corrected chi connectivity index (χ1v) is 7.07. The molecule has 2 aliphatic rings. The molecular weight excluding hydrogens is 276 g/mol. The van der Waals surface area contributed by atoms with E-state index in [0.29, 0.717) is 5.57 Å². The third-order valence-corrected chi connectivity index (χ3v) is 4.28. The van der Waals surface area contributed by atoms with E-state index < -0.39 is 28.9 Å². The SMILES string of the molecule is C=C1C(=O)O[C@]2(C)CC(C(=O)OCC)(C(=O)OCC)C[C@H]12. The molecule has 0 aromatic heterocycles. The fourth-order valence-corrected chi connectivity index (χ4v) is 3.31. The molecule has 2 fully saturated rings. The summed E-state index contributed by atoms with van der Waals surface area (Å²) in [5.74, 6) is -2.09. The second-order valence-electron chi connectivity index (χ2n) is 5.68. The minimum absolute atomic E-state index is 0.0626. The molecule has 116 valence electrons. The van der Waals surface area contributed by atoms with Crippen LogP contribution in [-0.2, 0) is 28.6 Å². The van der Waals surface area contributed by atoms with Crippen molar-refractivity contribution in [1.29, 1.82) is 0 Å². The molecule has 1 aliphatic carbocycles. The van der Waals surface area contributed by atoms with Gasteiger partial charge in [-0.25, -0.2) is 4.79 Å². The smallest absolute Gasteiger partial charge is 0.334 e. The van der Waals surface area contributed by atoms with Crippen LogP contribution in [0, 0.1) is 11.3 Å². The number of ether oxygens (including phenoxy) is 3. The molecule has 6 nitrogen and oxygen atoms in total. The molecule has 0 spiro atoms. The lowest BCUT2D eigenvalue weighted by Gasteiger charge is -2.27. The van der Waals surface area contributed by atoms with E-state index in [1.54, 1.807) is 20.8 Å². The molecule has 0 aromatic rings. The van der Waals surface area contributed by atoms with Crippen molar-refractivity contribution in [2.75, 3.05) is 13.2 Å². The summed E-state index contributed by atoms with van der Waals surface area (Å²) >= 11 is 0. The Balaban J connectivity index is 2.37. The number of esters is 3. The molecule has 0 radical (unpaired) electrons. The van der Waals surface area contributed by atoms with Gasteiger partial charge in [0.15, 0.2) is 5.41 Å². The average Bonchev–Trinajstić information content (AvgIpc) is 2.82. The van der Waals surface area contributed by atoms with Crippen molar-refractivity contribution >= 4 is 17.9 Å². The third-order valence-electron chi connectivity index (χ3n) is 4.28. The Morgan fingerprint density at radius 1 is 1.29 bits per heavy atom. The second-order valence-corrected chi connectivity index (χ2v) is 5.68. The Morgan fingerprint density at radius 3 is 2.24 bits per heavy atom. The first-order valence-electron chi connectivity index (χ1n) is 7.07. The van der Waals surface area contributed by atoms with Crippen LogP contribution in [-0.4, -0.2) is 36.7 Å². The highest BCUT2D eigenvalue weighted by Crippen LogP contribution is 2.56. The fraction of sp³-hybridized carbons (Fsp3) is 0.667. The van der Waals surface area contributed by atoms with Gasteiger partial charge in [-0.2, -0.15) is 0 Å². The monoisotopic (exact) mass is 296 g/mol. The van der Waals surface area contributed by atoms with Gasteiger partial charge in [0.2, 0.25) is 0 Å². The molecule has 1 saturated carbocycles. The van der Waals surface area contributed by atoms with Crippen LogP contribution < -0.4 is 0 Å². The van der Waals surface area contributed by atoms with Crippen molar-refractivity contribution in [2.45, 2.75) is 39.2 Å². The molecule has 0 unspecified atom stereocenters. The van der Waals surface area contributed by atoms with Gasteiger partial charge in [-0.15, -0.1) is 0 Å². The van der Waals surface area contributed by atoms with E-state index in [9.17, 15) is 14.4 Å². The summed E-state index contributed by atoms with van der Waals surface area (Å²) in [5, 5.41) is 0. The predicted molar refractivity (Wildman–Crippen MR) is 72.1 cm³/mol. The van der Waals surface area contributed by atoms with Crippen molar-refractivity contribution in [3.63, 3.8) is 0 Å². The number of carbonyl (C=O) groups is 3. The Morgan fingerprint density at radius 2 is 1.81 bits per heavy atom. The summed E-state index contributed by atoms with van der Waals surface area (Å²) < 4.78 is 15.5. The van der Waals surface area contributed by atoms with E-state index in [4.69, 9.17) is 14.2 Å². The van der Waals surface area contributed by atoms with E-state index in [1.165, 1.54) is 0 Å². The van der Waals surface area contributed by atoms with Gasteiger partial charge in [0, 0.05) is 17.9 Å². The third kappa shape index (κ3) is 2.22.